The van der Waals surface area contributed by atoms with Crippen molar-refractivity contribution in [2.24, 2.45) is 5.92 Å². The molecule has 6 nitrogen and oxygen atoms in total. The normalized spacial score (nSPS) is 10.8. The predicted molar refractivity (Wildman–Crippen MR) is 81.4 cm³/mol. The molecule has 0 aliphatic carbocycles. The average Bonchev–Trinajstić information content (AvgIpc) is 2.42. The highest BCUT2D eigenvalue weighted by Crippen LogP contribution is 2.17. The van der Waals surface area contributed by atoms with Crippen molar-refractivity contribution >= 4 is 17.8 Å². The van der Waals surface area contributed by atoms with E-state index in [1.165, 1.54) is 12.1 Å². The van der Waals surface area contributed by atoms with Crippen LogP contribution in [0.2, 0.25) is 0 Å². The van der Waals surface area contributed by atoms with Crippen LogP contribution < -0.4 is 0 Å². The maximum absolute atomic E-state index is 12.6. The zero-order chi connectivity index (χ0) is 17.0. The number of rotatable bonds is 6. The van der Waals surface area contributed by atoms with E-state index in [2.05, 4.69) is 0 Å². The summed E-state index contributed by atoms with van der Waals surface area (Å²) in [5.74, 6) is -2.72. The fraction of sp³-hybridized carbons (Fsp3) is 0.438. The van der Waals surface area contributed by atoms with Crippen LogP contribution in [0, 0.1) is 5.92 Å². The summed E-state index contributed by atoms with van der Waals surface area (Å²) in [5.41, 5.74) is -0.444. The second-order valence-corrected chi connectivity index (χ2v) is 5.82. The van der Waals surface area contributed by atoms with Crippen LogP contribution in [0.3, 0.4) is 0 Å². The number of aromatic carboxylic acids is 2. The van der Waals surface area contributed by atoms with E-state index < -0.39 is 17.8 Å². The lowest BCUT2D eigenvalue weighted by Crippen LogP contribution is -2.40. The summed E-state index contributed by atoms with van der Waals surface area (Å²) in [6.45, 7) is 8.14. The predicted octanol–water partition coefficient (Wildman–Crippen LogP) is 2.59. The van der Waals surface area contributed by atoms with Crippen LogP contribution in [0.5, 0.6) is 0 Å². The van der Waals surface area contributed by atoms with E-state index in [9.17, 15) is 19.5 Å². The van der Waals surface area contributed by atoms with Gasteiger partial charge in [0, 0.05) is 12.6 Å². The number of amides is 1. The molecule has 6 heteroatoms. The lowest BCUT2D eigenvalue weighted by atomic mass is 10.0. The number of nitrogens with zero attached hydrogens (tertiary/aromatic N) is 1. The molecule has 120 valence electrons. The Labute approximate surface area is 129 Å². The smallest absolute Gasteiger partial charge is 0.336 e. The molecule has 0 radical (unpaired) electrons. The number of hydrogen-bond acceptors (Lipinski definition) is 3. The molecule has 1 rings (SSSR count). The molecule has 0 atom stereocenters. The number of benzene rings is 1. The molecule has 0 spiro atoms. The van der Waals surface area contributed by atoms with Crippen molar-refractivity contribution in [3.05, 3.63) is 34.9 Å². The minimum atomic E-state index is -1.32. The van der Waals surface area contributed by atoms with E-state index in [0.29, 0.717) is 6.54 Å². The lowest BCUT2D eigenvalue weighted by Gasteiger charge is -2.29. The minimum Gasteiger partial charge on any atom is -0.478 e. The summed E-state index contributed by atoms with van der Waals surface area (Å²) in [7, 11) is 0. The highest BCUT2D eigenvalue weighted by atomic mass is 16.4. The Morgan fingerprint density at radius 2 is 1.59 bits per heavy atom. The topological polar surface area (TPSA) is 94.9 Å². The molecular formula is C16H21NO5. The van der Waals surface area contributed by atoms with Gasteiger partial charge in [0.25, 0.3) is 5.91 Å². The quantitative estimate of drug-likeness (QED) is 0.842. The molecule has 1 amide bonds. The van der Waals surface area contributed by atoms with Gasteiger partial charge in [0.2, 0.25) is 0 Å². The van der Waals surface area contributed by atoms with Crippen molar-refractivity contribution in [1.82, 2.24) is 4.90 Å². The molecule has 2 N–H and O–H groups in total. The maximum atomic E-state index is 12.6. The third-order valence-corrected chi connectivity index (χ3v) is 3.17. The monoisotopic (exact) mass is 307 g/mol. The maximum Gasteiger partial charge on any atom is 0.336 e. The molecule has 1 aromatic carbocycles. The van der Waals surface area contributed by atoms with Crippen LogP contribution in [-0.2, 0) is 0 Å². The molecule has 0 fully saturated rings. The number of hydrogen-bond donors (Lipinski definition) is 2. The van der Waals surface area contributed by atoms with Crippen molar-refractivity contribution in [2.45, 2.75) is 33.7 Å². The number of carbonyl (C=O) groups is 3. The van der Waals surface area contributed by atoms with E-state index in [-0.39, 0.29) is 28.7 Å². The Hall–Kier alpha value is -2.37. The molecule has 0 bridgehead atoms. The largest absolute Gasteiger partial charge is 0.478 e. The summed E-state index contributed by atoms with van der Waals surface area (Å²) < 4.78 is 0. The number of carboxylic acid groups (broad SMARTS) is 2. The summed E-state index contributed by atoms with van der Waals surface area (Å²) in [6, 6.07) is 3.45. The van der Waals surface area contributed by atoms with Gasteiger partial charge < -0.3 is 15.1 Å². The van der Waals surface area contributed by atoms with Gasteiger partial charge in [-0.2, -0.15) is 0 Å². The molecule has 0 unspecified atom stereocenters. The minimum absolute atomic E-state index is 0.00634. The Bertz CT molecular complexity index is 592. The first kappa shape index (κ1) is 17.7. The van der Waals surface area contributed by atoms with E-state index in [4.69, 9.17) is 5.11 Å². The number of carboxylic acids is 2. The van der Waals surface area contributed by atoms with Crippen molar-refractivity contribution in [3.63, 3.8) is 0 Å². The van der Waals surface area contributed by atoms with Crippen LogP contribution in [0.15, 0.2) is 18.2 Å². The SMILES string of the molecule is CC(C)CN(C(=O)c1ccc(C(=O)O)cc1C(=O)O)C(C)C. The van der Waals surface area contributed by atoms with Crippen LogP contribution in [0.25, 0.3) is 0 Å². The van der Waals surface area contributed by atoms with Gasteiger partial charge in [0.1, 0.15) is 0 Å². The van der Waals surface area contributed by atoms with Gasteiger partial charge in [0.15, 0.2) is 0 Å². The summed E-state index contributed by atoms with van der Waals surface area (Å²) in [6.07, 6.45) is 0. The highest BCUT2D eigenvalue weighted by Gasteiger charge is 2.25. The molecule has 0 aromatic heterocycles. The molecule has 0 saturated carbocycles. The second kappa shape index (κ2) is 7.06. The van der Waals surface area contributed by atoms with Gasteiger partial charge in [-0.1, -0.05) is 13.8 Å². The number of carbonyl (C=O) groups excluding carboxylic acids is 1. The zero-order valence-corrected chi connectivity index (χ0v) is 13.2. The zero-order valence-electron chi connectivity index (χ0n) is 13.2. The van der Waals surface area contributed by atoms with Crippen molar-refractivity contribution in [3.8, 4) is 0 Å². The first-order chi connectivity index (χ1) is 10.1. The molecule has 0 aliphatic heterocycles. The average molecular weight is 307 g/mol. The van der Waals surface area contributed by atoms with E-state index >= 15 is 0 Å². The lowest BCUT2D eigenvalue weighted by molar-refractivity contribution is 0.0644. The Morgan fingerprint density at radius 3 is 2.00 bits per heavy atom. The summed E-state index contributed by atoms with van der Waals surface area (Å²) in [5, 5.41) is 18.2. The van der Waals surface area contributed by atoms with E-state index in [1.807, 2.05) is 27.7 Å². The van der Waals surface area contributed by atoms with Gasteiger partial charge in [-0.15, -0.1) is 0 Å². The van der Waals surface area contributed by atoms with Crippen LogP contribution in [0.1, 0.15) is 58.8 Å². The Kier molecular flexibility index (Phi) is 5.68. The first-order valence-corrected chi connectivity index (χ1v) is 7.06. The summed E-state index contributed by atoms with van der Waals surface area (Å²) >= 11 is 0. The highest BCUT2D eigenvalue weighted by molar-refractivity contribution is 6.06. The molecule has 0 saturated heterocycles. The van der Waals surface area contributed by atoms with Crippen molar-refractivity contribution in [2.75, 3.05) is 6.54 Å². The van der Waals surface area contributed by atoms with Crippen LogP contribution in [0.4, 0.5) is 0 Å². The van der Waals surface area contributed by atoms with Gasteiger partial charge in [-0.3, -0.25) is 4.79 Å². The standard InChI is InChI=1S/C16H21NO5/c1-9(2)8-17(10(3)4)14(18)12-6-5-11(15(19)20)7-13(12)16(21)22/h5-7,9-10H,8H2,1-4H3,(H,19,20)(H,21,22). The first-order valence-electron chi connectivity index (χ1n) is 7.06. The third kappa shape index (κ3) is 4.07. The van der Waals surface area contributed by atoms with Crippen LogP contribution >= 0.6 is 0 Å². The Morgan fingerprint density at radius 1 is 1.00 bits per heavy atom. The molecule has 1 aromatic rings. The summed E-state index contributed by atoms with van der Waals surface area (Å²) in [4.78, 5) is 36.5. The van der Waals surface area contributed by atoms with E-state index in [0.717, 1.165) is 6.07 Å². The van der Waals surface area contributed by atoms with Crippen molar-refractivity contribution in [1.29, 1.82) is 0 Å². The van der Waals surface area contributed by atoms with Gasteiger partial charge in [-0.05, 0) is 38.0 Å². The fourth-order valence-electron chi connectivity index (χ4n) is 2.12. The van der Waals surface area contributed by atoms with Gasteiger partial charge in [-0.25, -0.2) is 9.59 Å². The second-order valence-electron chi connectivity index (χ2n) is 5.82. The Balaban J connectivity index is 3.31. The molecular weight excluding hydrogens is 286 g/mol. The van der Waals surface area contributed by atoms with Crippen molar-refractivity contribution < 1.29 is 24.6 Å². The molecule has 22 heavy (non-hydrogen) atoms. The van der Waals surface area contributed by atoms with E-state index in [1.54, 1.807) is 4.90 Å². The van der Waals surface area contributed by atoms with Gasteiger partial charge in [0.05, 0.1) is 16.7 Å². The fourth-order valence-corrected chi connectivity index (χ4v) is 2.12. The van der Waals surface area contributed by atoms with Crippen LogP contribution in [-0.4, -0.2) is 45.5 Å². The van der Waals surface area contributed by atoms with Gasteiger partial charge >= 0.3 is 11.9 Å². The molecule has 0 heterocycles. The molecule has 0 aliphatic rings. The third-order valence-electron chi connectivity index (χ3n) is 3.17.